The largest absolute Gasteiger partial charge is 0.312 e. The Morgan fingerprint density at radius 2 is 1.62 bits per heavy atom. The maximum atomic E-state index is 4.02. The van der Waals surface area contributed by atoms with Crippen molar-refractivity contribution < 1.29 is 0 Å². The third kappa shape index (κ3) is 4.31. The highest BCUT2D eigenvalue weighted by Crippen LogP contribution is 2.19. The van der Waals surface area contributed by atoms with Gasteiger partial charge < -0.3 is 5.32 Å². The fourth-order valence-electron chi connectivity index (χ4n) is 2.13. The van der Waals surface area contributed by atoms with E-state index in [0.717, 1.165) is 30.8 Å². The van der Waals surface area contributed by atoms with E-state index in [4.69, 9.17) is 0 Å². The Balaban J connectivity index is 2.34. The van der Waals surface area contributed by atoms with Crippen molar-refractivity contribution >= 4 is 0 Å². The molecule has 0 amide bonds. The minimum absolute atomic E-state index is 0.741. The SMILES string of the molecule is CC(C)C(CNCc1ccncc1)C(C)C. The third-order valence-corrected chi connectivity index (χ3v) is 3.17. The van der Waals surface area contributed by atoms with Crippen LogP contribution in [0.1, 0.15) is 33.3 Å². The normalized spacial score (nSPS) is 11.7. The molecular formula is C14H24N2. The fourth-order valence-corrected chi connectivity index (χ4v) is 2.13. The van der Waals surface area contributed by atoms with Crippen LogP contribution in [0, 0.1) is 17.8 Å². The Kier molecular flexibility index (Phi) is 5.47. The first-order valence-corrected chi connectivity index (χ1v) is 6.21. The van der Waals surface area contributed by atoms with Gasteiger partial charge in [-0.25, -0.2) is 0 Å². The summed E-state index contributed by atoms with van der Waals surface area (Å²) >= 11 is 0. The lowest BCUT2D eigenvalue weighted by Crippen LogP contribution is -2.29. The number of hydrogen-bond donors (Lipinski definition) is 1. The second-order valence-corrected chi connectivity index (χ2v) is 5.14. The summed E-state index contributed by atoms with van der Waals surface area (Å²) in [7, 11) is 0. The lowest BCUT2D eigenvalue weighted by atomic mass is 9.85. The van der Waals surface area contributed by atoms with Crippen LogP contribution in [0.15, 0.2) is 24.5 Å². The molecule has 0 radical (unpaired) electrons. The molecule has 0 saturated carbocycles. The quantitative estimate of drug-likeness (QED) is 0.797. The van der Waals surface area contributed by atoms with E-state index in [2.05, 4.69) is 50.1 Å². The van der Waals surface area contributed by atoms with Gasteiger partial charge in [-0.1, -0.05) is 27.7 Å². The summed E-state index contributed by atoms with van der Waals surface area (Å²) in [5, 5.41) is 3.54. The average Bonchev–Trinajstić information content (AvgIpc) is 2.24. The zero-order chi connectivity index (χ0) is 12.0. The van der Waals surface area contributed by atoms with Gasteiger partial charge in [-0.05, 0) is 42.0 Å². The molecule has 0 aliphatic carbocycles. The average molecular weight is 220 g/mol. The van der Waals surface area contributed by atoms with Crippen molar-refractivity contribution in [3.8, 4) is 0 Å². The van der Waals surface area contributed by atoms with E-state index in [-0.39, 0.29) is 0 Å². The lowest BCUT2D eigenvalue weighted by molar-refractivity contribution is 0.275. The van der Waals surface area contributed by atoms with Crippen LogP contribution in [0.5, 0.6) is 0 Å². The third-order valence-electron chi connectivity index (χ3n) is 3.17. The van der Waals surface area contributed by atoms with E-state index in [9.17, 15) is 0 Å². The Morgan fingerprint density at radius 3 is 2.12 bits per heavy atom. The highest BCUT2D eigenvalue weighted by molar-refractivity contribution is 5.08. The number of rotatable bonds is 6. The van der Waals surface area contributed by atoms with Gasteiger partial charge in [0.1, 0.15) is 0 Å². The maximum Gasteiger partial charge on any atom is 0.0271 e. The predicted octanol–water partition coefficient (Wildman–Crippen LogP) is 3.10. The molecule has 0 unspecified atom stereocenters. The van der Waals surface area contributed by atoms with Crippen LogP contribution < -0.4 is 5.32 Å². The molecule has 16 heavy (non-hydrogen) atoms. The molecular weight excluding hydrogens is 196 g/mol. The lowest BCUT2D eigenvalue weighted by Gasteiger charge is -2.25. The number of nitrogens with one attached hydrogen (secondary N) is 1. The summed E-state index contributed by atoms with van der Waals surface area (Å²) in [6.07, 6.45) is 3.69. The molecule has 1 rings (SSSR count). The zero-order valence-corrected chi connectivity index (χ0v) is 10.9. The number of aromatic nitrogens is 1. The molecule has 2 heteroatoms. The van der Waals surface area contributed by atoms with Crippen LogP contribution in [0.4, 0.5) is 0 Å². The van der Waals surface area contributed by atoms with E-state index >= 15 is 0 Å². The van der Waals surface area contributed by atoms with Crippen molar-refractivity contribution in [3.05, 3.63) is 30.1 Å². The van der Waals surface area contributed by atoms with E-state index in [0.29, 0.717) is 0 Å². The highest BCUT2D eigenvalue weighted by Gasteiger charge is 2.16. The summed E-state index contributed by atoms with van der Waals surface area (Å²) < 4.78 is 0. The molecule has 1 aromatic heterocycles. The molecule has 0 saturated heterocycles. The number of nitrogens with zero attached hydrogens (tertiary/aromatic N) is 1. The van der Waals surface area contributed by atoms with Gasteiger partial charge in [0.2, 0.25) is 0 Å². The van der Waals surface area contributed by atoms with Crippen LogP contribution in [0.3, 0.4) is 0 Å². The van der Waals surface area contributed by atoms with Crippen LogP contribution in [0.25, 0.3) is 0 Å². The smallest absolute Gasteiger partial charge is 0.0271 e. The summed E-state index contributed by atoms with van der Waals surface area (Å²) in [5.41, 5.74) is 1.31. The van der Waals surface area contributed by atoms with Gasteiger partial charge in [0.25, 0.3) is 0 Å². The van der Waals surface area contributed by atoms with Crippen LogP contribution in [-0.2, 0) is 6.54 Å². The van der Waals surface area contributed by atoms with Gasteiger partial charge in [-0.3, -0.25) is 4.98 Å². The van der Waals surface area contributed by atoms with Gasteiger partial charge in [0, 0.05) is 18.9 Å². The first-order valence-electron chi connectivity index (χ1n) is 6.21. The molecule has 0 atom stereocenters. The highest BCUT2D eigenvalue weighted by atomic mass is 14.9. The Bertz CT molecular complexity index is 272. The molecule has 0 bridgehead atoms. The van der Waals surface area contributed by atoms with Crippen molar-refractivity contribution in [2.45, 2.75) is 34.2 Å². The van der Waals surface area contributed by atoms with E-state index in [1.54, 1.807) is 0 Å². The summed E-state index contributed by atoms with van der Waals surface area (Å²) in [6.45, 7) is 11.3. The van der Waals surface area contributed by atoms with Crippen LogP contribution in [0.2, 0.25) is 0 Å². The van der Waals surface area contributed by atoms with E-state index < -0.39 is 0 Å². The van der Waals surface area contributed by atoms with Crippen LogP contribution >= 0.6 is 0 Å². The van der Waals surface area contributed by atoms with Crippen LogP contribution in [-0.4, -0.2) is 11.5 Å². The molecule has 1 N–H and O–H groups in total. The van der Waals surface area contributed by atoms with Gasteiger partial charge in [-0.2, -0.15) is 0 Å². The zero-order valence-electron chi connectivity index (χ0n) is 10.9. The monoisotopic (exact) mass is 220 g/mol. The molecule has 0 aliphatic rings. The second kappa shape index (κ2) is 6.64. The Labute approximate surface area is 99.5 Å². The van der Waals surface area contributed by atoms with Crippen molar-refractivity contribution in [2.24, 2.45) is 17.8 Å². The number of pyridine rings is 1. The van der Waals surface area contributed by atoms with Gasteiger partial charge in [0.15, 0.2) is 0 Å². The molecule has 0 aromatic carbocycles. The van der Waals surface area contributed by atoms with Crippen molar-refractivity contribution in [2.75, 3.05) is 6.54 Å². The first kappa shape index (κ1) is 13.2. The molecule has 90 valence electrons. The molecule has 0 spiro atoms. The molecule has 0 aliphatic heterocycles. The van der Waals surface area contributed by atoms with Crippen molar-refractivity contribution in [1.29, 1.82) is 0 Å². The predicted molar refractivity (Wildman–Crippen MR) is 69.1 cm³/mol. The van der Waals surface area contributed by atoms with E-state index in [1.807, 2.05) is 12.4 Å². The molecule has 0 fully saturated rings. The molecule has 2 nitrogen and oxygen atoms in total. The Hall–Kier alpha value is -0.890. The summed E-state index contributed by atoms with van der Waals surface area (Å²) in [6, 6.07) is 4.12. The molecule has 1 aromatic rings. The fraction of sp³-hybridized carbons (Fsp3) is 0.643. The number of hydrogen-bond acceptors (Lipinski definition) is 2. The summed E-state index contributed by atoms with van der Waals surface area (Å²) in [5.74, 6) is 2.23. The first-order chi connectivity index (χ1) is 7.61. The van der Waals surface area contributed by atoms with Crippen molar-refractivity contribution in [1.82, 2.24) is 10.3 Å². The topological polar surface area (TPSA) is 24.9 Å². The van der Waals surface area contributed by atoms with E-state index in [1.165, 1.54) is 5.56 Å². The Morgan fingerprint density at radius 1 is 1.06 bits per heavy atom. The standard InChI is InChI=1S/C14H24N2/c1-11(2)14(12(3)4)10-16-9-13-5-7-15-8-6-13/h5-8,11-12,14,16H,9-10H2,1-4H3. The summed E-state index contributed by atoms with van der Waals surface area (Å²) in [4.78, 5) is 4.02. The molecule has 1 heterocycles. The minimum atomic E-state index is 0.741. The van der Waals surface area contributed by atoms with Gasteiger partial charge in [-0.15, -0.1) is 0 Å². The van der Waals surface area contributed by atoms with Gasteiger partial charge in [0.05, 0.1) is 0 Å². The maximum absolute atomic E-state index is 4.02. The minimum Gasteiger partial charge on any atom is -0.312 e. The second-order valence-electron chi connectivity index (χ2n) is 5.14. The van der Waals surface area contributed by atoms with Crippen molar-refractivity contribution in [3.63, 3.8) is 0 Å². The van der Waals surface area contributed by atoms with Gasteiger partial charge >= 0.3 is 0 Å².